The van der Waals surface area contributed by atoms with Crippen LogP contribution in [0.2, 0.25) is 0 Å². The number of rotatable bonds is 8. The molecule has 45 heavy (non-hydrogen) atoms. The Morgan fingerprint density at radius 1 is 0.911 bits per heavy atom. The van der Waals surface area contributed by atoms with Gasteiger partial charge in [0.15, 0.2) is 28.2 Å². The molecule has 8 nitrogen and oxygen atoms in total. The van der Waals surface area contributed by atoms with E-state index in [9.17, 15) is 45.8 Å². The minimum atomic E-state index is -5.09. The Hall–Kier alpha value is -3.97. The Labute approximate surface area is 257 Å². The number of carbonyl (C=O) groups is 2. The van der Waals surface area contributed by atoms with Crippen LogP contribution in [0.25, 0.3) is 0 Å². The molecule has 2 fully saturated rings. The summed E-state index contributed by atoms with van der Waals surface area (Å²) < 4.78 is 84.7. The van der Waals surface area contributed by atoms with Crippen molar-refractivity contribution in [2.24, 2.45) is 5.92 Å². The molecule has 1 amide bonds. The fourth-order valence-electron chi connectivity index (χ4n) is 6.12. The van der Waals surface area contributed by atoms with E-state index in [0.717, 1.165) is 44.7 Å². The first-order chi connectivity index (χ1) is 21.3. The third-order valence-electron chi connectivity index (χ3n) is 8.73. The molecular weight excluding hydrogens is 616 g/mol. The average molecular weight is 649 g/mol. The first-order valence-corrected chi connectivity index (χ1v) is 16.0. The maximum absolute atomic E-state index is 14.6. The van der Waals surface area contributed by atoms with Crippen molar-refractivity contribution in [3.05, 3.63) is 88.0 Å². The van der Waals surface area contributed by atoms with E-state index in [1.54, 1.807) is 0 Å². The molecule has 0 radical (unpaired) electrons. The van der Waals surface area contributed by atoms with Crippen molar-refractivity contribution in [1.29, 1.82) is 0 Å². The molecule has 1 aliphatic carbocycles. The van der Waals surface area contributed by atoms with Crippen LogP contribution in [-0.4, -0.2) is 47.9 Å². The fourth-order valence-corrected chi connectivity index (χ4v) is 7.74. The number of halogens is 4. The second kappa shape index (κ2) is 12.8. The van der Waals surface area contributed by atoms with Gasteiger partial charge in [-0.1, -0.05) is 43.5 Å². The molecule has 1 aliphatic heterocycles. The van der Waals surface area contributed by atoms with Crippen molar-refractivity contribution in [1.82, 2.24) is 4.31 Å². The topological polar surface area (TPSA) is 115 Å². The summed E-state index contributed by atoms with van der Waals surface area (Å²) in [4.78, 5) is 24.9. The zero-order valence-electron chi connectivity index (χ0n) is 24.4. The average Bonchev–Trinajstić information content (AvgIpc) is 3.53. The van der Waals surface area contributed by atoms with Gasteiger partial charge in [-0.05, 0) is 55.4 Å². The number of aromatic hydroxyl groups is 1. The Balaban J connectivity index is 1.43. The van der Waals surface area contributed by atoms with E-state index in [-0.39, 0.29) is 30.8 Å². The van der Waals surface area contributed by atoms with Gasteiger partial charge in [0.05, 0.1) is 12.5 Å². The Morgan fingerprint density at radius 2 is 1.53 bits per heavy atom. The summed E-state index contributed by atoms with van der Waals surface area (Å²) in [5.41, 5.74) is 0.641. The lowest BCUT2D eigenvalue weighted by atomic mass is 9.84. The number of nitrogens with zero attached hydrogens (tertiary/aromatic N) is 2. The summed E-state index contributed by atoms with van der Waals surface area (Å²) >= 11 is 0. The van der Waals surface area contributed by atoms with Crippen LogP contribution in [-0.2, 0) is 21.4 Å². The molecule has 0 spiro atoms. The highest BCUT2D eigenvalue weighted by molar-refractivity contribution is 7.89. The number of benzene rings is 3. The first-order valence-electron chi connectivity index (χ1n) is 14.6. The van der Waals surface area contributed by atoms with Crippen molar-refractivity contribution in [3.63, 3.8) is 0 Å². The molecule has 1 atom stereocenters. The number of phenols is 1. The number of sulfonamides is 1. The number of carboxylic acid groups (broad SMARTS) is 1. The summed E-state index contributed by atoms with van der Waals surface area (Å²) in [5, 5.41) is 19.7. The Morgan fingerprint density at radius 3 is 2.11 bits per heavy atom. The smallest absolute Gasteiger partial charge is 0.339 e. The number of amides is 1. The van der Waals surface area contributed by atoms with Crippen LogP contribution < -0.4 is 4.90 Å². The number of anilines is 1. The molecule has 2 aliphatic rings. The van der Waals surface area contributed by atoms with Gasteiger partial charge in [-0.25, -0.2) is 30.8 Å². The first kappa shape index (κ1) is 32.4. The van der Waals surface area contributed by atoms with E-state index < -0.39 is 73.8 Å². The molecule has 240 valence electrons. The van der Waals surface area contributed by atoms with Crippen molar-refractivity contribution in [3.8, 4) is 5.75 Å². The van der Waals surface area contributed by atoms with Gasteiger partial charge in [-0.2, -0.15) is 4.31 Å². The van der Waals surface area contributed by atoms with Gasteiger partial charge in [-0.15, -0.1) is 0 Å². The number of hydrogen-bond donors (Lipinski definition) is 2. The predicted octanol–water partition coefficient (Wildman–Crippen LogP) is 6.25. The van der Waals surface area contributed by atoms with Gasteiger partial charge in [-0.3, -0.25) is 4.79 Å². The third-order valence-corrected chi connectivity index (χ3v) is 10.6. The highest BCUT2D eigenvalue weighted by Gasteiger charge is 2.42. The van der Waals surface area contributed by atoms with Crippen LogP contribution in [0.1, 0.15) is 71.5 Å². The van der Waals surface area contributed by atoms with E-state index in [1.165, 1.54) is 23.0 Å². The van der Waals surface area contributed by atoms with Crippen LogP contribution in [0.15, 0.2) is 47.4 Å². The molecule has 2 N–H and O–H groups in total. The number of hydrogen-bond acceptors (Lipinski definition) is 5. The van der Waals surface area contributed by atoms with E-state index in [0.29, 0.717) is 15.8 Å². The highest BCUT2D eigenvalue weighted by atomic mass is 32.2. The molecule has 13 heteroatoms. The predicted molar refractivity (Wildman–Crippen MR) is 156 cm³/mol. The van der Waals surface area contributed by atoms with Crippen LogP contribution in [0, 0.1) is 36.1 Å². The summed E-state index contributed by atoms with van der Waals surface area (Å²) in [5.74, 6) is -10.9. The van der Waals surface area contributed by atoms with Crippen molar-refractivity contribution in [2.75, 3.05) is 18.0 Å². The van der Waals surface area contributed by atoms with Crippen LogP contribution in [0.3, 0.4) is 0 Å². The van der Waals surface area contributed by atoms with E-state index in [1.807, 2.05) is 24.3 Å². The number of aromatic carboxylic acids is 1. The SMILES string of the molecule is Cc1c(F)c(F)c(S(=O)(=O)N2CC[C@@H](C(=O)N(Cc3ccc(C4CCCCC4)cc3)c3ccc(C(=O)O)c(O)c3)C2)c(F)c1F. The van der Waals surface area contributed by atoms with Gasteiger partial charge in [0.2, 0.25) is 15.9 Å². The van der Waals surface area contributed by atoms with Gasteiger partial charge in [0.1, 0.15) is 11.3 Å². The Kier molecular flexibility index (Phi) is 9.22. The van der Waals surface area contributed by atoms with Crippen molar-refractivity contribution >= 4 is 27.6 Å². The molecule has 3 aromatic carbocycles. The van der Waals surface area contributed by atoms with E-state index in [2.05, 4.69) is 0 Å². The van der Waals surface area contributed by atoms with Crippen molar-refractivity contribution in [2.45, 2.75) is 62.8 Å². The van der Waals surface area contributed by atoms with Crippen LogP contribution in [0.4, 0.5) is 23.2 Å². The zero-order valence-corrected chi connectivity index (χ0v) is 25.2. The molecule has 1 saturated heterocycles. The maximum Gasteiger partial charge on any atom is 0.339 e. The monoisotopic (exact) mass is 648 g/mol. The minimum Gasteiger partial charge on any atom is -0.507 e. The lowest BCUT2D eigenvalue weighted by Gasteiger charge is -2.27. The standard InChI is InChI=1S/C32H32F4N2O6S/c1-18-26(33)28(35)30(29(36)27(18)34)45(43,44)37-14-13-22(17-37)31(40)38(23-11-12-24(32(41)42)25(39)15-23)16-19-7-9-21(10-8-19)20-5-3-2-4-6-20/h7-12,15,20,22,39H,2-6,13-14,16-17H2,1H3,(H,41,42)/t22-/m1/s1. The van der Waals surface area contributed by atoms with Gasteiger partial charge in [0.25, 0.3) is 0 Å². The van der Waals surface area contributed by atoms with Gasteiger partial charge < -0.3 is 15.1 Å². The molecule has 0 aromatic heterocycles. The number of carboxylic acids is 1. The fraction of sp³-hybridized carbons (Fsp3) is 0.375. The quantitative estimate of drug-likeness (QED) is 0.221. The second-order valence-electron chi connectivity index (χ2n) is 11.6. The summed E-state index contributed by atoms with van der Waals surface area (Å²) in [7, 11) is -5.09. The van der Waals surface area contributed by atoms with Crippen LogP contribution >= 0.6 is 0 Å². The zero-order chi connectivity index (χ0) is 32.6. The molecular formula is C32H32F4N2O6S. The molecule has 0 unspecified atom stereocenters. The summed E-state index contributed by atoms with van der Waals surface area (Å²) in [6.45, 7) is -0.136. The molecule has 1 saturated carbocycles. The largest absolute Gasteiger partial charge is 0.507 e. The van der Waals surface area contributed by atoms with Crippen molar-refractivity contribution < 1.29 is 45.8 Å². The maximum atomic E-state index is 14.6. The Bertz CT molecular complexity index is 1710. The minimum absolute atomic E-state index is 0.0173. The normalized spacial score (nSPS) is 17.8. The van der Waals surface area contributed by atoms with E-state index in [4.69, 9.17) is 0 Å². The summed E-state index contributed by atoms with van der Waals surface area (Å²) in [6, 6.07) is 11.3. The lowest BCUT2D eigenvalue weighted by molar-refractivity contribution is -0.122. The highest BCUT2D eigenvalue weighted by Crippen LogP contribution is 2.35. The number of carbonyl (C=O) groups excluding carboxylic acids is 1. The lowest BCUT2D eigenvalue weighted by Crippen LogP contribution is -2.38. The van der Waals surface area contributed by atoms with Crippen LogP contribution in [0.5, 0.6) is 5.75 Å². The van der Waals surface area contributed by atoms with E-state index >= 15 is 0 Å². The van der Waals surface area contributed by atoms with Gasteiger partial charge in [0, 0.05) is 30.4 Å². The molecule has 5 rings (SSSR count). The third kappa shape index (κ3) is 6.28. The molecule has 0 bridgehead atoms. The molecule has 1 heterocycles. The van der Waals surface area contributed by atoms with Gasteiger partial charge >= 0.3 is 5.97 Å². The molecule has 3 aromatic rings. The second-order valence-corrected chi connectivity index (χ2v) is 13.4. The summed E-state index contributed by atoms with van der Waals surface area (Å²) in [6.07, 6.45) is 5.64.